The number of halogens is 1. The monoisotopic (exact) mass is 455 g/mol. The number of piperidine rings is 1. The first kappa shape index (κ1) is 21.9. The second-order valence-corrected chi connectivity index (χ2v) is 9.68. The third kappa shape index (κ3) is 4.00. The van der Waals surface area contributed by atoms with Crippen molar-refractivity contribution in [3.8, 4) is 10.4 Å². The highest BCUT2D eigenvalue weighted by Gasteiger charge is 2.47. The molecule has 2 saturated heterocycles. The van der Waals surface area contributed by atoms with Crippen molar-refractivity contribution in [1.82, 2.24) is 9.88 Å². The molecule has 0 radical (unpaired) electrons. The van der Waals surface area contributed by atoms with Crippen molar-refractivity contribution in [3.05, 3.63) is 81.0 Å². The molecule has 2 aromatic carbocycles. The van der Waals surface area contributed by atoms with E-state index in [1.807, 2.05) is 12.3 Å². The molecule has 0 aliphatic carbocycles. The topological polar surface area (TPSA) is 59.3 Å². The van der Waals surface area contributed by atoms with Gasteiger partial charge in [0.25, 0.3) is 5.69 Å². The quantitative estimate of drug-likeness (QED) is 0.348. The van der Waals surface area contributed by atoms with Crippen LogP contribution in [0, 0.1) is 17.0 Å². The highest BCUT2D eigenvalue weighted by atomic mass is 35.5. The summed E-state index contributed by atoms with van der Waals surface area (Å²) in [5.41, 5.74) is 3.68. The first-order valence-electron chi connectivity index (χ1n) is 10.5. The molecule has 2 fully saturated rings. The maximum Gasteiger partial charge on any atom is 0.270 e. The number of non-ortho nitro benzene ring substituents is 1. The average molecular weight is 456 g/mol. The van der Waals surface area contributed by atoms with E-state index in [0.29, 0.717) is 23.9 Å². The summed E-state index contributed by atoms with van der Waals surface area (Å²) >= 11 is 1.69. The van der Waals surface area contributed by atoms with E-state index in [4.69, 9.17) is 4.98 Å². The Bertz CT molecular complexity index is 1080. The normalized spacial score (nSPS) is 25.2. The molecule has 2 bridgehead atoms. The van der Waals surface area contributed by atoms with Crippen LogP contribution in [0.3, 0.4) is 0 Å². The maximum absolute atomic E-state index is 11.2. The van der Waals surface area contributed by atoms with Gasteiger partial charge in [-0.05, 0) is 44.7 Å². The zero-order chi connectivity index (χ0) is 20.8. The second kappa shape index (κ2) is 8.69. The second-order valence-electron chi connectivity index (χ2n) is 8.61. The molecule has 1 aromatic heterocycles. The zero-order valence-electron chi connectivity index (χ0n) is 17.6. The molecule has 0 spiro atoms. The van der Waals surface area contributed by atoms with E-state index < -0.39 is 0 Å². The van der Waals surface area contributed by atoms with Crippen LogP contribution in [0.2, 0.25) is 0 Å². The molecular weight excluding hydrogens is 430 g/mol. The van der Waals surface area contributed by atoms with E-state index in [0.717, 1.165) is 21.9 Å². The largest absolute Gasteiger partial charge is 0.300 e. The first-order chi connectivity index (χ1) is 14.5. The van der Waals surface area contributed by atoms with Crippen LogP contribution in [-0.2, 0) is 0 Å². The van der Waals surface area contributed by atoms with E-state index in [9.17, 15) is 10.1 Å². The Balaban J connectivity index is 0.00000231. The van der Waals surface area contributed by atoms with Crippen LogP contribution >= 0.6 is 23.7 Å². The third-order valence-corrected chi connectivity index (χ3v) is 8.07. The molecule has 0 unspecified atom stereocenters. The summed E-state index contributed by atoms with van der Waals surface area (Å²) in [6.07, 6.45) is 5.52. The van der Waals surface area contributed by atoms with Gasteiger partial charge < -0.3 is 0 Å². The molecule has 2 aliphatic rings. The Morgan fingerprint density at radius 1 is 1.16 bits per heavy atom. The van der Waals surface area contributed by atoms with E-state index in [-0.39, 0.29) is 23.0 Å². The van der Waals surface area contributed by atoms with Crippen LogP contribution in [0.1, 0.15) is 47.2 Å². The molecule has 5 nitrogen and oxygen atoms in total. The van der Waals surface area contributed by atoms with Crippen molar-refractivity contribution < 1.29 is 4.92 Å². The van der Waals surface area contributed by atoms with Crippen LogP contribution in [0.4, 0.5) is 5.69 Å². The number of nitro groups is 1. The number of aromatic nitrogens is 1. The smallest absolute Gasteiger partial charge is 0.270 e. The lowest BCUT2D eigenvalue weighted by Gasteiger charge is -2.42. The lowest BCUT2D eigenvalue weighted by atomic mass is 9.76. The molecule has 4 atom stereocenters. The number of likely N-dealkylation sites (N-methyl/N-ethyl adjacent to an activating group) is 1. The number of rotatable bonds is 4. The summed E-state index contributed by atoms with van der Waals surface area (Å²) in [5.74, 6) is 0.817. The van der Waals surface area contributed by atoms with Gasteiger partial charge >= 0.3 is 0 Å². The van der Waals surface area contributed by atoms with Gasteiger partial charge in [-0.1, -0.05) is 42.0 Å². The Morgan fingerprint density at radius 3 is 2.68 bits per heavy atom. The highest BCUT2D eigenvalue weighted by molar-refractivity contribution is 7.15. The molecule has 5 rings (SSSR count). The number of thiazole rings is 1. The molecule has 0 saturated carbocycles. The minimum atomic E-state index is -0.340. The Morgan fingerprint density at radius 2 is 1.94 bits per heavy atom. The molecular formula is C24H26ClN3O2S. The molecule has 3 aromatic rings. The fourth-order valence-corrected chi connectivity index (χ4v) is 6.45. The summed E-state index contributed by atoms with van der Waals surface area (Å²) in [7, 11) is 2.26. The van der Waals surface area contributed by atoms with E-state index in [1.54, 1.807) is 23.5 Å². The van der Waals surface area contributed by atoms with Gasteiger partial charge in [0.15, 0.2) is 0 Å². The fourth-order valence-electron chi connectivity index (χ4n) is 5.31. The van der Waals surface area contributed by atoms with Crippen molar-refractivity contribution in [2.24, 2.45) is 0 Å². The standard InChI is InChI=1S/C24H25N3O2S.ClH/c1-15-6-8-16(9-7-15)20-13-18-10-11-21(26(18)2)23(20)24-25-14-22(30-24)17-4-3-5-19(12-17)27(28)29;/h3-9,12,14,18,20-21,23H,10-11,13H2,1-2H3;1H/t18-,20+,21+,23-;/m0./s1. The number of hydrogen-bond acceptors (Lipinski definition) is 5. The SMILES string of the molecule is Cc1ccc([C@H]2C[C@@H]3CC[C@H]([C@H]2c2ncc(-c4cccc([N+](=O)[O-])c4)s2)N3C)cc1.Cl. The van der Waals surface area contributed by atoms with Crippen LogP contribution in [0.15, 0.2) is 54.7 Å². The Hall–Kier alpha value is -2.28. The Labute approximate surface area is 192 Å². The number of benzene rings is 2. The van der Waals surface area contributed by atoms with Gasteiger partial charge in [0, 0.05) is 41.9 Å². The first-order valence-corrected chi connectivity index (χ1v) is 11.3. The predicted molar refractivity (Wildman–Crippen MR) is 127 cm³/mol. The summed E-state index contributed by atoms with van der Waals surface area (Å²) in [4.78, 5) is 19.2. The predicted octanol–water partition coefficient (Wildman–Crippen LogP) is 6.18. The third-order valence-electron chi connectivity index (χ3n) is 6.92. The number of fused-ring (bicyclic) bond motifs is 2. The van der Waals surface area contributed by atoms with Gasteiger partial charge in [-0.2, -0.15) is 0 Å². The van der Waals surface area contributed by atoms with Crippen molar-refractivity contribution in [2.75, 3.05) is 7.05 Å². The number of nitrogens with zero attached hydrogens (tertiary/aromatic N) is 3. The minimum absolute atomic E-state index is 0. The molecule has 7 heteroatoms. The van der Waals surface area contributed by atoms with Gasteiger partial charge in [0.05, 0.1) is 14.8 Å². The summed E-state index contributed by atoms with van der Waals surface area (Å²) in [5, 5.41) is 12.3. The number of hydrogen-bond donors (Lipinski definition) is 0. The minimum Gasteiger partial charge on any atom is -0.300 e. The number of nitro benzene ring substituents is 1. The molecule has 2 aliphatic heterocycles. The highest BCUT2D eigenvalue weighted by Crippen LogP contribution is 2.52. The summed E-state index contributed by atoms with van der Waals surface area (Å²) < 4.78 is 0. The molecule has 0 amide bonds. The molecule has 0 N–H and O–H groups in total. The zero-order valence-corrected chi connectivity index (χ0v) is 19.2. The van der Waals surface area contributed by atoms with Gasteiger partial charge in [0.2, 0.25) is 0 Å². The van der Waals surface area contributed by atoms with Crippen molar-refractivity contribution in [3.63, 3.8) is 0 Å². The fraction of sp³-hybridized carbons (Fsp3) is 0.375. The number of aryl methyl sites for hydroxylation is 1. The van der Waals surface area contributed by atoms with Crippen molar-refractivity contribution in [1.29, 1.82) is 0 Å². The maximum atomic E-state index is 11.2. The van der Waals surface area contributed by atoms with Crippen LogP contribution in [0.25, 0.3) is 10.4 Å². The molecule has 162 valence electrons. The van der Waals surface area contributed by atoms with E-state index >= 15 is 0 Å². The van der Waals surface area contributed by atoms with Crippen molar-refractivity contribution >= 4 is 29.4 Å². The van der Waals surface area contributed by atoms with Crippen LogP contribution in [0.5, 0.6) is 0 Å². The van der Waals surface area contributed by atoms with Gasteiger partial charge in [0.1, 0.15) is 0 Å². The van der Waals surface area contributed by atoms with E-state index in [1.165, 1.54) is 30.0 Å². The van der Waals surface area contributed by atoms with Crippen LogP contribution in [-0.4, -0.2) is 33.9 Å². The summed E-state index contributed by atoms with van der Waals surface area (Å²) in [6.45, 7) is 2.13. The summed E-state index contributed by atoms with van der Waals surface area (Å²) in [6, 6.07) is 17.0. The average Bonchev–Trinajstić information content (AvgIpc) is 3.31. The van der Waals surface area contributed by atoms with Crippen molar-refractivity contribution in [2.45, 2.75) is 50.1 Å². The molecule has 31 heavy (non-hydrogen) atoms. The van der Waals surface area contributed by atoms with Crippen LogP contribution < -0.4 is 0 Å². The van der Waals surface area contributed by atoms with Gasteiger partial charge in [-0.15, -0.1) is 23.7 Å². The molecule has 3 heterocycles. The van der Waals surface area contributed by atoms with E-state index in [2.05, 4.69) is 43.1 Å². The lowest BCUT2D eigenvalue weighted by Crippen LogP contribution is -2.44. The van der Waals surface area contributed by atoms with Gasteiger partial charge in [-0.25, -0.2) is 4.98 Å². The van der Waals surface area contributed by atoms with Gasteiger partial charge in [-0.3, -0.25) is 15.0 Å². The lowest BCUT2D eigenvalue weighted by molar-refractivity contribution is -0.384. The Kier molecular flexibility index (Phi) is 6.15.